The van der Waals surface area contributed by atoms with Crippen molar-refractivity contribution in [3.8, 4) is 11.5 Å². The van der Waals surface area contributed by atoms with Gasteiger partial charge >= 0.3 is 7.75 Å². The highest BCUT2D eigenvalue weighted by atomic mass is 31.2. The van der Waals surface area contributed by atoms with Crippen LogP contribution in [0.25, 0.3) is 10.8 Å². The third-order valence-electron chi connectivity index (χ3n) is 3.32. The number of hydrogen-bond donors (Lipinski definition) is 0. The van der Waals surface area contributed by atoms with E-state index in [2.05, 4.69) is 0 Å². The zero-order chi connectivity index (χ0) is 13.5. The lowest BCUT2D eigenvalue weighted by Gasteiger charge is -2.22. The highest BCUT2D eigenvalue weighted by Crippen LogP contribution is 2.60. The van der Waals surface area contributed by atoms with Gasteiger partial charge in [0.2, 0.25) is 0 Å². The molecule has 0 saturated heterocycles. The van der Waals surface area contributed by atoms with E-state index in [1.165, 1.54) is 0 Å². The summed E-state index contributed by atoms with van der Waals surface area (Å²) in [6, 6.07) is 11.7. The second kappa shape index (κ2) is 4.55. The summed E-state index contributed by atoms with van der Waals surface area (Å²) in [6.45, 7) is 5.13. The van der Waals surface area contributed by atoms with Crippen LogP contribution in [0.4, 0.5) is 0 Å². The molecule has 1 aliphatic heterocycles. The first-order valence-electron chi connectivity index (χ1n) is 6.43. The van der Waals surface area contributed by atoms with E-state index in [-0.39, 0.29) is 0 Å². The minimum Gasteiger partial charge on any atom is -0.400 e. The molecular formula is C14H16NO3P. The molecule has 0 aliphatic carbocycles. The van der Waals surface area contributed by atoms with Crippen LogP contribution in [0.15, 0.2) is 36.4 Å². The fourth-order valence-electron chi connectivity index (χ4n) is 2.29. The van der Waals surface area contributed by atoms with Crippen LogP contribution in [0, 0.1) is 0 Å². The zero-order valence-corrected chi connectivity index (χ0v) is 11.9. The molecule has 19 heavy (non-hydrogen) atoms. The Morgan fingerprint density at radius 1 is 1.00 bits per heavy atom. The van der Waals surface area contributed by atoms with Crippen LogP contribution in [0.5, 0.6) is 11.5 Å². The van der Waals surface area contributed by atoms with Gasteiger partial charge in [-0.1, -0.05) is 38.1 Å². The van der Waals surface area contributed by atoms with Crippen molar-refractivity contribution in [3.05, 3.63) is 36.4 Å². The van der Waals surface area contributed by atoms with Gasteiger partial charge in [0, 0.05) is 13.1 Å². The Bertz CT molecular complexity index is 618. The highest BCUT2D eigenvalue weighted by molar-refractivity contribution is 7.52. The zero-order valence-electron chi connectivity index (χ0n) is 11.0. The molecule has 100 valence electrons. The molecule has 1 heterocycles. The highest BCUT2D eigenvalue weighted by Gasteiger charge is 2.41. The Hall–Kier alpha value is -1.51. The van der Waals surface area contributed by atoms with Crippen LogP contribution in [0.1, 0.15) is 13.8 Å². The molecule has 0 N–H and O–H groups in total. The average molecular weight is 277 g/mol. The topological polar surface area (TPSA) is 38.8 Å². The Labute approximate surface area is 112 Å². The van der Waals surface area contributed by atoms with Crippen molar-refractivity contribution >= 4 is 18.5 Å². The first kappa shape index (κ1) is 12.5. The van der Waals surface area contributed by atoms with Gasteiger partial charge in [-0.3, -0.25) is 0 Å². The molecule has 0 aromatic heterocycles. The molecule has 0 saturated carbocycles. The summed E-state index contributed by atoms with van der Waals surface area (Å²) in [4.78, 5) is 0. The van der Waals surface area contributed by atoms with E-state index in [9.17, 15) is 4.57 Å². The molecule has 0 amide bonds. The third-order valence-corrected chi connectivity index (χ3v) is 5.43. The lowest BCUT2D eigenvalue weighted by atomic mass is 10.1. The van der Waals surface area contributed by atoms with Crippen molar-refractivity contribution in [3.63, 3.8) is 0 Å². The third kappa shape index (κ3) is 2.01. The maximum absolute atomic E-state index is 12.7. The van der Waals surface area contributed by atoms with Crippen LogP contribution >= 0.6 is 7.75 Å². The Kier molecular flexibility index (Phi) is 3.00. The van der Waals surface area contributed by atoms with Gasteiger partial charge in [0.25, 0.3) is 0 Å². The number of benzene rings is 2. The van der Waals surface area contributed by atoms with Crippen LogP contribution in [-0.4, -0.2) is 17.8 Å². The largest absolute Gasteiger partial charge is 0.515 e. The minimum atomic E-state index is -3.22. The summed E-state index contributed by atoms with van der Waals surface area (Å²) in [5.41, 5.74) is 0. The van der Waals surface area contributed by atoms with E-state index >= 15 is 0 Å². The summed E-state index contributed by atoms with van der Waals surface area (Å²) >= 11 is 0. The lowest BCUT2D eigenvalue weighted by molar-refractivity contribution is 0.324. The molecule has 5 heteroatoms. The Morgan fingerprint density at radius 2 is 1.47 bits per heavy atom. The van der Waals surface area contributed by atoms with Crippen LogP contribution < -0.4 is 9.05 Å². The summed E-state index contributed by atoms with van der Waals surface area (Å²) in [5.74, 6) is 1.13. The van der Waals surface area contributed by atoms with E-state index in [4.69, 9.17) is 9.05 Å². The van der Waals surface area contributed by atoms with Crippen LogP contribution in [0.2, 0.25) is 0 Å². The molecule has 0 unspecified atom stereocenters. The fourth-order valence-corrected chi connectivity index (χ4v) is 4.04. The lowest BCUT2D eigenvalue weighted by Crippen LogP contribution is -2.23. The van der Waals surface area contributed by atoms with Crippen molar-refractivity contribution in [2.45, 2.75) is 13.8 Å². The van der Waals surface area contributed by atoms with Crippen molar-refractivity contribution in [2.24, 2.45) is 0 Å². The molecular weight excluding hydrogens is 261 g/mol. The predicted molar refractivity (Wildman–Crippen MR) is 75.7 cm³/mol. The van der Waals surface area contributed by atoms with E-state index in [1.54, 1.807) is 4.67 Å². The van der Waals surface area contributed by atoms with Crippen molar-refractivity contribution in [1.82, 2.24) is 4.67 Å². The molecule has 2 aromatic carbocycles. The Balaban J connectivity index is 2.04. The number of rotatable bonds is 3. The van der Waals surface area contributed by atoms with E-state index in [0.29, 0.717) is 24.6 Å². The molecule has 0 spiro atoms. The average Bonchev–Trinajstić information content (AvgIpc) is 2.73. The van der Waals surface area contributed by atoms with Crippen molar-refractivity contribution in [2.75, 3.05) is 13.1 Å². The van der Waals surface area contributed by atoms with Gasteiger partial charge in [0.1, 0.15) is 0 Å². The second-order valence-electron chi connectivity index (χ2n) is 4.44. The monoisotopic (exact) mass is 277 g/mol. The van der Waals surface area contributed by atoms with Gasteiger partial charge in [-0.2, -0.15) is 4.67 Å². The Morgan fingerprint density at radius 3 is 1.89 bits per heavy atom. The summed E-state index contributed by atoms with van der Waals surface area (Å²) in [5, 5.41) is 2.11. The maximum Gasteiger partial charge on any atom is 0.515 e. The molecule has 0 fully saturated rings. The van der Waals surface area contributed by atoms with E-state index in [1.807, 2.05) is 50.2 Å². The van der Waals surface area contributed by atoms with Gasteiger partial charge < -0.3 is 9.05 Å². The number of fused-ring (bicyclic) bond motifs is 2. The summed E-state index contributed by atoms with van der Waals surface area (Å²) < 4.78 is 25.6. The summed E-state index contributed by atoms with van der Waals surface area (Å²) in [7, 11) is -3.22. The molecule has 0 radical (unpaired) electrons. The molecule has 0 bridgehead atoms. The smallest absolute Gasteiger partial charge is 0.400 e. The normalized spacial score (nSPS) is 16.2. The van der Waals surface area contributed by atoms with Crippen molar-refractivity contribution < 1.29 is 13.6 Å². The van der Waals surface area contributed by atoms with Gasteiger partial charge in [-0.15, -0.1) is 0 Å². The van der Waals surface area contributed by atoms with Gasteiger partial charge in [-0.05, 0) is 22.9 Å². The molecule has 3 rings (SSSR count). The van der Waals surface area contributed by atoms with Crippen LogP contribution in [-0.2, 0) is 4.57 Å². The fraction of sp³-hybridized carbons (Fsp3) is 0.286. The number of nitrogens with zero attached hydrogens (tertiary/aromatic N) is 1. The quantitative estimate of drug-likeness (QED) is 0.793. The van der Waals surface area contributed by atoms with Crippen LogP contribution in [0.3, 0.4) is 0 Å². The van der Waals surface area contributed by atoms with Gasteiger partial charge in [-0.25, -0.2) is 4.57 Å². The minimum absolute atomic E-state index is 0.564. The van der Waals surface area contributed by atoms with Gasteiger partial charge in [0.05, 0.1) is 0 Å². The van der Waals surface area contributed by atoms with Gasteiger partial charge in [0.15, 0.2) is 11.5 Å². The molecule has 1 aliphatic rings. The first-order valence-corrected chi connectivity index (χ1v) is 7.93. The van der Waals surface area contributed by atoms with Crippen molar-refractivity contribution in [1.29, 1.82) is 0 Å². The summed E-state index contributed by atoms with van der Waals surface area (Å²) in [6.07, 6.45) is 0. The SMILES string of the molecule is CCN(CC)P1(=O)Oc2cc3ccccc3cc2O1. The molecule has 4 nitrogen and oxygen atoms in total. The predicted octanol–water partition coefficient (Wildman–Crippen LogP) is 4.06. The second-order valence-corrected chi connectivity index (χ2v) is 6.30. The van der Waals surface area contributed by atoms with E-state index < -0.39 is 7.75 Å². The number of hydrogen-bond acceptors (Lipinski definition) is 3. The molecule has 0 atom stereocenters. The first-order chi connectivity index (χ1) is 9.16. The van der Waals surface area contributed by atoms with E-state index in [0.717, 1.165) is 10.8 Å². The maximum atomic E-state index is 12.7. The standard InChI is InChI=1S/C14H16NO3P/c1-3-15(4-2)19(16)17-13-9-11-7-5-6-8-12(11)10-14(13)18-19/h5-10H,3-4H2,1-2H3. The molecule has 2 aromatic rings.